The normalized spacial score (nSPS) is 17.8. The fourth-order valence-electron chi connectivity index (χ4n) is 3.43. The Labute approximate surface area is 148 Å². The van der Waals surface area contributed by atoms with Gasteiger partial charge in [-0.3, -0.25) is 4.79 Å². The second-order valence-electron chi connectivity index (χ2n) is 6.57. The van der Waals surface area contributed by atoms with Crippen LogP contribution in [0.5, 0.6) is 5.75 Å². The van der Waals surface area contributed by atoms with Crippen LogP contribution in [0.2, 0.25) is 0 Å². The maximum Gasteiger partial charge on any atom is 0.227 e. The summed E-state index contributed by atoms with van der Waals surface area (Å²) in [5, 5.41) is 0. The number of hydrogen-bond acceptors (Lipinski definition) is 2. The predicted octanol–water partition coefficient (Wildman–Crippen LogP) is 4.17. The molecule has 1 amide bonds. The highest BCUT2D eigenvalue weighted by atomic mass is 19.1. The molecular weight excluding hydrogens is 317 g/mol. The summed E-state index contributed by atoms with van der Waals surface area (Å²) in [5.74, 6) is 0.853. The minimum absolute atomic E-state index is 0.00510. The third-order valence-electron chi connectivity index (χ3n) is 4.91. The standard InChI is InChI=1S/C21H24FNO2/c1-25-19-11-9-16(10-12-19)18-7-4-5-13-23(15-18)21(24)14-17-6-2-3-8-20(17)22/h2-3,6,8-12,18H,4-5,7,13-15H2,1H3/t18-/m0/s1. The van der Waals surface area contributed by atoms with Crippen molar-refractivity contribution in [2.75, 3.05) is 20.2 Å². The Balaban J connectivity index is 1.70. The van der Waals surface area contributed by atoms with Crippen molar-refractivity contribution in [3.05, 3.63) is 65.5 Å². The van der Waals surface area contributed by atoms with Crippen LogP contribution >= 0.6 is 0 Å². The van der Waals surface area contributed by atoms with Crippen LogP contribution in [0.25, 0.3) is 0 Å². The van der Waals surface area contributed by atoms with Gasteiger partial charge >= 0.3 is 0 Å². The van der Waals surface area contributed by atoms with Gasteiger partial charge in [0.05, 0.1) is 13.5 Å². The van der Waals surface area contributed by atoms with Gasteiger partial charge in [-0.1, -0.05) is 36.8 Å². The largest absolute Gasteiger partial charge is 0.497 e. The highest BCUT2D eigenvalue weighted by molar-refractivity contribution is 5.79. The van der Waals surface area contributed by atoms with Gasteiger partial charge in [0.1, 0.15) is 11.6 Å². The van der Waals surface area contributed by atoms with Gasteiger partial charge in [0.25, 0.3) is 0 Å². The Hall–Kier alpha value is -2.36. The highest BCUT2D eigenvalue weighted by Crippen LogP contribution is 2.28. The van der Waals surface area contributed by atoms with E-state index in [-0.39, 0.29) is 18.1 Å². The summed E-state index contributed by atoms with van der Waals surface area (Å²) in [5.41, 5.74) is 1.70. The molecule has 0 aromatic heterocycles. The summed E-state index contributed by atoms with van der Waals surface area (Å²) in [6.07, 6.45) is 3.29. The van der Waals surface area contributed by atoms with Crippen LogP contribution in [0.4, 0.5) is 4.39 Å². The van der Waals surface area contributed by atoms with E-state index in [1.807, 2.05) is 17.0 Å². The molecule has 1 aliphatic heterocycles. The topological polar surface area (TPSA) is 29.5 Å². The number of halogens is 1. The summed E-state index contributed by atoms with van der Waals surface area (Å²) < 4.78 is 19.0. The summed E-state index contributed by atoms with van der Waals surface area (Å²) in [4.78, 5) is 14.6. The molecule has 1 saturated heterocycles. The van der Waals surface area contributed by atoms with Crippen LogP contribution in [-0.2, 0) is 11.2 Å². The monoisotopic (exact) mass is 341 g/mol. The third-order valence-corrected chi connectivity index (χ3v) is 4.91. The zero-order chi connectivity index (χ0) is 17.6. The first kappa shape index (κ1) is 17.5. The average Bonchev–Trinajstić information content (AvgIpc) is 2.90. The minimum atomic E-state index is -0.308. The molecule has 0 unspecified atom stereocenters. The van der Waals surface area contributed by atoms with Crippen LogP contribution in [-0.4, -0.2) is 31.0 Å². The number of likely N-dealkylation sites (tertiary alicyclic amines) is 1. The lowest BCUT2D eigenvalue weighted by Crippen LogP contribution is -2.35. The first-order valence-corrected chi connectivity index (χ1v) is 8.82. The maximum atomic E-state index is 13.8. The quantitative estimate of drug-likeness (QED) is 0.835. The Bertz CT molecular complexity index is 714. The summed E-state index contributed by atoms with van der Waals surface area (Å²) >= 11 is 0. The first-order valence-electron chi connectivity index (χ1n) is 8.82. The van der Waals surface area contributed by atoms with Crippen LogP contribution in [0.15, 0.2) is 48.5 Å². The molecule has 1 aliphatic rings. The minimum Gasteiger partial charge on any atom is -0.497 e. The Morgan fingerprint density at radius 2 is 1.92 bits per heavy atom. The van der Waals surface area contributed by atoms with E-state index in [0.29, 0.717) is 18.0 Å². The summed E-state index contributed by atoms with van der Waals surface area (Å²) in [6.45, 7) is 1.44. The molecule has 0 radical (unpaired) electrons. The van der Waals surface area contributed by atoms with Gasteiger partial charge in [0.2, 0.25) is 5.91 Å². The van der Waals surface area contributed by atoms with Crippen molar-refractivity contribution in [3.63, 3.8) is 0 Å². The van der Waals surface area contributed by atoms with Crippen molar-refractivity contribution in [2.24, 2.45) is 0 Å². The zero-order valence-electron chi connectivity index (χ0n) is 14.6. The van der Waals surface area contributed by atoms with Crippen LogP contribution in [0, 0.1) is 5.82 Å². The molecule has 3 nitrogen and oxygen atoms in total. The van der Waals surface area contributed by atoms with Gasteiger partial charge in [-0.25, -0.2) is 4.39 Å². The van der Waals surface area contributed by atoms with Gasteiger partial charge in [-0.15, -0.1) is 0 Å². The second kappa shape index (κ2) is 8.15. The van der Waals surface area contributed by atoms with Gasteiger partial charge in [0.15, 0.2) is 0 Å². The number of ether oxygens (including phenoxy) is 1. The number of benzene rings is 2. The van der Waals surface area contributed by atoms with Crippen molar-refractivity contribution in [1.82, 2.24) is 4.90 Å². The SMILES string of the molecule is COc1ccc([C@H]2CCCCN(C(=O)Cc3ccccc3F)C2)cc1. The summed E-state index contributed by atoms with van der Waals surface area (Å²) in [6, 6.07) is 14.6. The zero-order valence-corrected chi connectivity index (χ0v) is 14.6. The Morgan fingerprint density at radius 1 is 1.16 bits per heavy atom. The molecule has 0 spiro atoms. The molecule has 0 bridgehead atoms. The van der Waals surface area contributed by atoms with Crippen molar-refractivity contribution < 1.29 is 13.9 Å². The molecule has 2 aromatic carbocycles. The molecule has 25 heavy (non-hydrogen) atoms. The van der Waals surface area contributed by atoms with Gasteiger partial charge in [-0.2, -0.15) is 0 Å². The lowest BCUT2D eigenvalue weighted by atomic mass is 9.94. The third kappa shape index (κ3) is 4.38. The van der Waals surface area contributed by atoms with Gasteiger partial charge in [-0.05, 0) is 42.2 Å². The number of amides is 1. The van der Waals surface area contributed by atoms with Crippen molar-refractivity contribution in [2.45, 2.75) is 31.6 Å². The average molecular weight is 341 g/mol. The van der Waals surface area contributed by atoms with E-state index in [1.165, 1.54) is 11.6 Å². The van der Waals surface area contributed by atoms with E-state index in [9.17, 15) is 9.18 Å². The van der Waals surface area contributed by atoms with Gasteiger partial charge < -0.3 is 9.64 Å². The van der Waals surface area contributed by atoms with Crippen LogP contribution in [0.3, 0.4) is 0 Å². The molecule has 3 rings (SSSR count). The van der Waals surface area contributed by atoms with Crippen molar-refractivity contribution >= 4 is 5.91 Å². The molecule has 2 aromatic rings. The fourth-order valence-corrected chi connectivity index (χ4v) is 3.43. The molecule has 1 heterocycles. The van der Waals surface area contributed by atoms with E-state index >= 15 is 0 Å². The second-order valence-corrected chi connectivity index (χ2v) is 6.57. The number of methoxy groups -OCH3 is 1. The molecule has 1 atom stereocenters. The maximum absolute atomic E-state index is 13.8. The van der Waals surface area contributed by atoms with Crippen LogP contribution in [0.1, 0.15) is 36.3 Å². The Kier molecular flexibility index (Phi) is 5.69. The van der Waals surface area contributed by atoms with Crippen LogP contribution < -0.4 is 4.74 Å². The molecule has 0 N–H and O–H groups in total. The van der Waals surface area contributed by atoms with Crippen molar-refractivity contribution in [1.29, 1.82) is 0 Å². The lowest BCUT2D eigenvalue weighted by Gasteiger charge is -2.25. The molecule has 1 fully saturated rings. The van der Waals surface area contributed by atoms with E-state index in [2.05, 4.69) is 12.1 Å². The number of carbonyl (C=O) groups is 1. The van der Waals surface area contributed by atoms with Gasteiger partial charge in [0, 0.05) is 19.0 Å². The highest BCUT2D eigenvalue weighted by Gasteiger charge is 2.23. The van der Waals surface area contributed by atoms with Crippen molar-refractivity contribution in [3.8, 4) is 5.75 Å². The van der Waals surface area contributed by atoms with E-state index in [1.54, 1.807) is 25.3 Å². The molecule has 4 heteroatoms. The molecular formula is C21H24FNO2. The lowest BCUT2D eigenvalue weighted by molar-refractivity contribution is -0.130. The Morgan fingerprint density at radius 3 is 2.64 bits per heavy atom. The van der Waals surface area contributed by atoms with E-state index in [4.69, 9.17) is 4.74 Å². The molecule has 0 aliphatic carbocycles. The first-order chi connectivity index (χ1) is 12.2. The molecule has 132 valence electrons. The predicted molar refractivity (Wildman–Crippen MR) is 96.3 cm³/mol. The van der Waals surface area contributed by atoms with E-state index in [0.717, 1.165) is 31.6 Å². The smallest absolute Gasteiger partial charge is 0.227 e. The number of nitrogens with zero attached hydrogens (tertiary/aromatic N) is 1. The molecule has 0 saturated carbocycles. The number of rotatable bonds is 4. The number of carbonyl (C=O) groups excluding carboxylic acids is 1. The fraction of sp³-hybridized carbons (Fsp3) is 0.381. The van der Waals surface area contributed by atoms with E-state index < -0.39 is 0 Å². The summed E-state index contributed by atoms with van der Waals surface area (Å²) in [7, 11) is 1.66. The number of hydrogen-bond donors (Lipinski definition) is 0.